The zero-order chi connectivity index (χ0) is 14.7. The molecule has 2 rings (SSSR count). The van der Waals surface area contributed by atoms with Gasteiger partial charge in [-0.3, -0.25) is 0 Å². The predicted molar refractivity (Wildman–Crippen MR) is 82.7 cm³/mol. The van der Waals surface area contributed by atoms with Crippen LogP contribution in [0.1, 0.15) is 19.6 Å². The molecule has 0 radical (unpaired) electrons. The maximum Gasteiger partial charge on any atom is 0.138 e. The molecule has 0 unspecified atom stereocenters. The largest absolute Gasteiger partial charge is 0.495 e. The van der Waals surface area contributed by atoms with Gasteiger partial charge in [-0.1, -0.05) is 37.0 Å². The van der Waals surface area contributed by atoms with Gasteiger partial charge in [0.2, 0.25) is 0 Å². The number of rotatable bonds is 5. The SMILES string of the molecule is COc1cc(Cl)c(-c2ccoc2CNC(C)C)cc1Cl. The molecule has 5 heteroatoms. The number of methoxy groups -OCH3 is 1. The van der Waals surface area contributed by atoms with Crippen LogP contribution >= 0.6 is 23.2 Å². The molecular weight excluding hydrogens is 297 g/mol. The van der Waals surface area contributed by atoms with E-state index in [1.54, 1.807) is 25.5 Å². The van der Waals surface area contributed by atoms with Crippen molar-refractivity contribution in [3.8, 4) is 16.9 Å². The molecule has 20 heavy (non-hydrogen) atoms. The molecule has 1 N–H and O–H groups in total. The molecule has 1 aromatic heterocycles. The molecule has 0 aliphatic rings. The molecule has 0 fully saturated rings. The smallest absolute Gasteiger partial charge is 0.138 e. The van der Waals surface area contributed by atoms with Crippen molar-refractivity contribution < 1.29 is 9.15 Å². The molecule has 0 bridgehead atoms. The fourth-order valence-electron chi connectivity index (χ4n) is 1.91. The number of benzene rings is 1. The lowest BCUT2D eigenvalue weighted by atomic mass is 10.1. The summed E-state index contributed by atoms with van der Waals surface area (Å²) in [6.07, 6.45) is 1.65. The Labute approximate surface area is 128 Å². The Morgan fingerprint density at radius 3 is 2.60 bits per heavy atom. The number of hydrogen-bond acceptors (Lipinski definition) is 3. The summed E-state index contributed by atoms with van der Waals surface area (Å²) in [6.45, 7) is 4.81. The van der Waals surface area contributed by atoms with Crippen LogP contribution in [0.4, 0.5) is 0 Å². The van der Waals surface area contributed by atoms with Gasteiger partial charge in [0.05, 0.1) is 30.0 Å². The maximum absolute atomic E-state index is 6.31. The first kappa shape index (κ1) is 15.2. The second-order valence-electron chi connectivity index (χ2n) is 4.76. The summed E-state index contributed by atoms with van der Waals surface area (Å²) in [7, 11) is 1.56. The first-order chi connectivity index (χ1) is 9.52. The van der Waals surface area contributed by atoms with Gasteiger partial charge in [0.25, 0.3) is 0 Å². The lowest BCUT2D eigenvalue weighted by molar-refractivity contribution is 0.415. The molecule has 0 spiro atoms. The van der Waals surface area contributed by atoms with E-state index in [2.05, 4.69) is 19.2 Å². The second-order valence-corrected chi connectivity index (χ2v) is 5.57. The Morgan fingerprint density at radius 1 is 1.20 bits per heavy atom. The lowest BCUT2D eigenvalue weighted by Gasteiger charge is -2.11. The third-order valence-electron chi connectivity index (χ3n) is 2.95. The predicted octanol–water partition coefficient (Wildman–Crippen LogP) is 4.76. The normalized spacial score (nSPS) is 11.1. The topological polar surface area (TPSA) is 34.4 Å². The van der Waals surface area contributed by atoms with Gasteiger partial charge in [0.1, 0.15) is 11.5 Å². The van der Waals surface area contributed by atoms with Crippen LogP contribution in [0.3, 0.4) is 0 Å². The van der Waals surface area contributed by atoms with Gasteiger partial charge >= 0.3 is 0 Å². The molecule has 3 nitrogen and oxygen atoms in total. The Bertz CT molecular complexity index is 594. The quantitative estimate of drug-likeness (QED) is 0.864. The highest BCUT2D eigenvalue weighted by molar-refractivity contribution is 6.36. The first-order valence-corrected chi connectivity index (χ1v) is 7.11. The van der Waals surface area contributed by atoms with Gasteiger partial charge in [0, 0.05) is 23.2 Å². The molecule has 0 saturated carbocycles. The van der Waals surface area contributed by atoms with E-state index in [9.17, 15) is 0 Å². The molecular formula is C15H17Cl2NO2. The highest BCUT2D eigenvalue weighted by Gasteiger charge is 2.15. The first-order valence-electron chi connectivity index (χ1n) is 6.36. The van der Waals surface area contributed by atoms with E-state index in [0.717, 1.165) is 16.9 Å². The summed E-state index contributed by atoms with van der Waals surface area (Å²) in [5, 5.41) is 4.43. The Balaban J connectivity index is 2.37. The van der Waals surface area contributed by atoms with Gasteiger partial charge < -0.3 is 14.5 Å². The third kappa shape index (κ3) is 3.29. The van der Waals surface area contributed by atoms with Crippen LogP contribution in [0.15, 0.2) is 28.9 Å². The van der Waals surface area contributed by atoms with Crippen molar-refractivity contribution in [2.75, 3.05) is 7.11 Å². The van der Waals surface area contributed by atoms with Gasteiger partial charge in [-0.2, -0.15) is 0 Å². The number of ether oxygens (including phenoxy) is 1. The van der Waals surface area contributed by atoms with E-state index in [0.29, 0.717) is 28.4 Å². The molecule has 0 atom stereocenters. The van der Waals surface area contributed by atoms with Gasteiger partial charge in [-0.15, -0.1) is 0 Å². The Morgan fingerprint density at radius 2 is 1.95 bits per heavy atom. The molecule has 0 aliphatic heterocycles. The zero-order valence-corrected chi connectivity index (χ0v) is 13.2. The van der Waals surface area contributed by atoms with Crippen LogP contribution in [0, 0.1) is 0 Å². The number of nitrogens with one attached hydrogen (secondary N) is 1. The molecule has 1 heterocycles. The van der Waals surface area contributed by atoms with Crippen molar-refractivity contribution >= 4 is 23.2 Å². The molecule has 108 valence electrons. The monoisotopic (exact) mass is 313 g/mol. The number of furan rings is 1. The second kappa shape index (κ2) is 6.53. The zero-order valence-electron chi connectivity index (χ0n) is 11.7. The van der Waals surface area contributed by atoms with Crippen molar-refractivity contribution in [1.82, 2.24) is 5.32 Å². The Hall–Kier alpha value is -1.16. The maximum atomic E-state index is 6.31. The van der Waals surface area contributed by atoms with Crippen molar-refractivity contribution in [3.05, 3.63) is 40.3 Å². The van der Waals surface area contributed by atoms with Crippen LogP contribution in [0.5, 0.6) is 5.75 Å². The standard InChI is InChI=1S/C15H17Cl2NO2/c1-9(2)18-8-15-10(4-5-20-15)11-6-13(17)14(19-3)7-12(11)16/h4-7,9,18H,8H2,1-3H3. The van der Waals surface area contributed by atoms with Crippen molar-refractivity contribution in [2.24, 2.45) is 0 Å². The lowest BCUT2D eigenvalue weighted by Crippen LogP contribution is -2.21. The highest BCUT2D eigenvalue weighted by atomic mass is 35.5. The van der Waals surface area contributed by atoms with Crippen LogP contribution in [0.25, 0.3) is 11.1 Å². The van der Waals surface area contributed by atoms with Crippen LogP contribution in [0.2, 0.25) is 10.0 Å². The highest BCUT2D eigenvalue weighted by Crippen LogP contribution is 2.38. The third-order valence-corrected chi connectivity index (χ3v) is 3.56. The van der Waals surface area contributed by atoms with Crippen LogP contribution < -0.4 is 10.1 Å². The average Bonchev–Trinajstić information content (AvgIpc) is 2.86. The molecule has 2 aromatic rings. The molecule has 0 amide bonds. The van der Waals surface area contributed by atoms with E-state index in [4.69, 9.17) is 32.4 Å². The minimum absolute atomic E-state index is 0.378. The van der Waals surface area contributed by atoms with Crippen molar-refractivity contribution in [1.29, 1.82) is 0 Å². The fourth-order valence-corrected chi connectivity index (χ4v) is 2.40. The summed E-state index contributed by atoms with van der Waals surface area (Å²) in [5.74, 6) is 1.40. The summed E-state index contributed by atoms with van der Waals surface area (Å²) in [6, 6.07) is 5.78. The van der Waals surface area contributed by atoms with E-state index < -0.39 is 0 Å². The number of hydrogen-bond donors (Lipinski definition) is 1. The summed E-state index contributed by atoms with van der Waals surface area (Å²) in [4.78, 5) is 0. The van der Waals surface area contributed by atoms with Crippen molar-refractivity contribution in [3.63, 3.8) is 0 Å². The molecule has 0 aliphatic carbocycles. The summed E-state index contributed by atoms with van der Waals surface area (Å²) >= 11 is 12.5. The van der Waals surface area contributed by atoms with E-state index in [1.807, 2.05) is 6.07 Å². The minimum atomic E-state index is 0.378. The fraction of sp³-hybridized carbons (Fsp3) is 0.333. The summed E-state index contributed by atoms with van der Waals surface area (Å²) in [5.41, 5.74) is 1.78. The minimum Gasteiger partial charge on any atom is -0.495 e. The molecule has 1 aromatic carbocycles. The summed E-state index contributed by atoms with van der Waals surface area (Å²) < 4.78 is 10.7. The Kier molecular flexibility index (Phi) is 4.97. The van der Waals surface area contributed by atoms with E-state index in [1.165, 1.54) is 0 Å². The van der Waals surface area contributed by atoms with Crippen LogP contribution in [-0.4, -0.2) is 13.2 Å². The van der Waals surface area contributed by atoms with Gasteiger partial charge in [0.15, 0.2) is 0 Å². The number of halogens is 2. The molecule has 0 saturated heterocycles. The van der Waals surface area contributed by atoms with Crippen molar-refractivity contribution in [2.45, 2.75) is 26.4 Å². The van der Waals surface area contributed by atoms with Gasteiger partial charge in [-0.05, 0) is 12.1 Å². The van der Waals surface area contributed by atoms with E-state index in [-0.39, 0.29) is 0 Å². The van der Waals surface area contributed by atoms with E-state index >= 15 is 0 Å². The van der Waals surface area contributed by atoms with Gasteiger partial charge in [-0.25, -0.2) is 0 Å². The average molecular weight is 314 g/mol. The van der Waals surface area contributed by atoms with Crippen LogP contribution in [-0.2, 0) is 6.54 Å².